The summed E-state index contributed by atoms with van der Waals surface area (Å²) in [6.45, 7) is 1.57. The summed E-state index contributed by atoms with van der Waals surface area (Å²) in [5, 5.41) is 8.97. The van der Waals surface area contributed by atoms with Gasteiger partial charge in [0.2, 0.25) is 10.0 Å². The fourth-order valence-electron chi connectivity index (χ4n) is 1.77. The van der Waals surface area contributed by atoms with Crippen LogP contribution in [0.3, 0.4) is 0 Å². The van der Waals surface area contributed by atoms with Gasteiger partial charge in [0.25, 0.3) is 0 Å². The molecule has 0 fully saturated rings. The molecule has 21 heavy (non-hydrogen) atoms. The smallest absolute Gasteiger partial charge is 0.307 e. The van der Waals surface area contributed by atoms with Gasteiger partial charge in [-0.25, -0.2) is 17.5 Å². The maximum absolute atomic E-state index is 13.5. The van der Waals surface area contributed by atoms with Crippen molar-refractivity contribution in [2.24, 2.45) is 5.92 Å². The van der Waals surface area contributed by atoms with Gasteiger partial charge in [-0.1, -0.05) is 13.3 Å². The summed E-state index contributed by atoms with van der Waals surface area (Å²) in [7, 11) is -2.69. The summed E-state index contributed by atoms with van der Waals surface area (Å²) in [4.78, 5) is 10.7. The van der Waals surface area contributed by atoms with Crippen LogP contribution in [-0.2, 0) is 14.8 Å². The van der Waals surface area contributed by atoms with Crippen LogP contribution in [0.5, 0.6) is 5.75 Å². The highest BCUT2D eigenvalue weighted by Crippen LogP contribution is 2.20. The summed E-state index contributed by atoms with van der Waals surface area (Å²) in [5.74, 6) is -2.75. The Hall–Kier alpha value is -1.67. The van der Waals surface area contributed by atoms with E-state index in [-0.39, 0.29) is 17.2 Å². The summed E-state index contributed by atoms with van der Waals surface area (Å²) < 4.78 is 44.4. The van der Waals surface area contributed by atoms with E-state index in [1.54, 1.807) is 0 Å². The molecule has 6 nitrogen and oxygen atoms in total. The van der Waals surface area contributed by atoms with Crippen molar-refractivity contribution in [2.45, 2.75) is 24.7 Å². The molecule has 0 saturated heterocycles. The van der Waals surface area contributed by atoms with Crippen molar-refractivity contribution in [3.63, 3.8) is 0 Å². The lowest BCUT2D eigenvalue weighted by atomic mass is 10.1. The number of hydrogen-bond donors (Lipinski definition) is 2. The number of halogens is 1. The van der Waals surface area contributed by atoms with Crippen LogP contribution < -0.4 is 9.46 Å². The average molecular weight is 319 g/mol. The van der Waals surface area contributed by atoms with Crippen LogP contribution in [0.25, 0.3) is 0 Å². The molecule has 0 radical (unpaired) electrons. The first-order valence-corrected chi connectivity index (χ1v) is 7.86. The zero-order chi connectivity index (χ0) is 16.0. The standard InChI is InChI=1S/C13H18FNO5S/c1-3-4-9(13(16)17)8-15-21(18,19)10-5-6-12(20-2)11(14)7-10/h5-7,9,15H,3-4,8H2,1-2H3,(H,16,17). The van der Waals surface area contributed by atoms with Gasteiger partial charge in [-0.15, -0.1) is 0 Å². The Labute approximate surface area is 123 Å². The molecule has 0 bridgehead atoms. The van der Waals surface area contributed by atoms with E-state index in [1.807, 2.05) is 6.92 Å². The molecule has 0 spiro atoms. The lowest BCUT2D eigenvalue weighted by molar-refractivity contribution is -0.141. The number of benzene rings is 1. The van der Waals surface area contributed by atoms with E-state index in [9.17, 15) is 17.6 Å². The van der Waals surface area contributed by atoms with Crippen LogP contribution >= 0.6 is 0 Å². The van der Waals surface area contributed by atoms with E-state index in [0.717, 1.165) is 6.07 Å². The minimum atomic E-state index is -3.96. The molecule has 1 aromatic carbocycles. The first-order chi connectivity index (χ1) is 9.81. The van der Waals surface area contributed by atoms with Crippen LogP contribution in [-0.4, -0.2) is 33.1 Å². The Morgan fingerprint density at radius 2 is 2.14 bits per heavy atom. The molecule has 0 aliphatic rings. The number of carboxylic acids is 1. The third kappa shape index (κ3) is 4.68. The SMILES string of the molecule is CCCC(CNS(=O)(=O)c1ccc(OC)c(F)c1)C(=O)O. The predicted octanol–water partition coefficient (Wildman–Crippen LogP) is 1.61. The zero-order valence-electron chi connectivity index (χ0n) is 11.8. The highest BCUT2D eigenvalue weighted by molar-refractivity contribution is 7.89. The molecule has 2 N–H and O–H groups in total. The molecular weight excluding hydrogens is 301 g/mol. The summed E-state index contributed by atoms with van der Waals surface area (Å²) in [6.07, 6.45) is 0.977. The lowest BCUT2D eigenvalue weighted by Crippen LogP contribution is -2.33. The molecule has 118 valence electrons. The molecule has 1 atom stereocenters. The van der Waals surface area contributed by atoms with Crippen molar-refractivity contribution in [1.29, 1.82) is 0 Å². The summed E-state index contributed by atoms with van der Waals surface area (Å²) in [6, 6.07) is 3.22. The maximum Gasteiger partial charge on any atom is 0.307 e. The van der Waals surface area contributed by atoms with Gasteiger partial charge in [0.15, 0.2) is 11.6 Å². The van der Waals surface area contributed by atoms with Gasteiger partial charge in [-0.3, -0.25) is 4.79 Å². The fourth-order valence-corrected chi connectivity index (χ4v) is 2.86. The third-order valence-electron chi connectivity index (χ3n) is 2.94. The highest BCUT2D eigenvalue weighted by Gasteiger charge is 2.22. The lowest BCUT2D eigenvalue weighted by Gasteiger charge is -2.13. The molecular formula is C13H18FNO5S. The number of nitrogens with one attached hydrogen (secondary N) is 1. The Morgan fingerprint density at radius 1 is 1.48 bits per heavy atom. The normalized spacial score (nSPS) is 12.9. The van der Waals surface area contributed by atoms with E-state index in [0.29, 0.717) is 12.8 Å². The van der Waals surface area contributed by atoms with Crippen molar-refractivity contribution >= 4 is 16.0 Å². The van der Waals surface area contributed by atoms with Crippen LogP contribution in [0.2, 0.25) is 0 Å². The van der Waals surface area contributed by atoms with E-state index in [2.05, 4.69) is 4.72 Å². The first-order valence-electron chi connectivity index (χ1n) is 6.37. The number of ether oxygens (including phenoxy) is 1. The van der Waals surface area contributed by atoms with E-state index in [1.165, 1.54) is 19.2 Å². The monoisotopic (exact) mass is 319 g/mol. The summed E-state index contributed by atoms with van der Waals surface area (Å²) in [5.41, 5.74) is 0. The van der Waals surface area contributed by atoms with Crippen molar-refractivity contribution in [2.75, 3.05) is 13.7 Å². The number of sulfonamides is 1. The average Bonchev–Trinajstić information content (AvgIpc) is 2.43. The van der Waals surface area contributed by atoms with Crippen LogP contribution in [0, 0.1) is 11.7 Å². The number of rotatable bonds is 8. The first kappa shape index (κ1) is 17.4. The van der Waals surface area contributed by atoms with Crippen LogP contribution in [0.1, 0.15) is 19.8 Å². The van der Waals surface area contributed by atoms with E-state index >= 15 is 0 Å². The number of hydrogen-bond acceptors (Lipinski definition) is 4. The van der Waals surface area contributed by atoms with Crippen molar-refractivity contribution < 1.29 is 27.4 Å². The minimum Gasteiger partial charge on any atom is -0.494 e. The topological polar surface area (TPSA) is 92.7 Å². The van der Waals surface area contributed by atoms with Gasteiger partial charge in [0.05, 0.1) is 17.9 Å². The maximum atomic E-state index is 13.5. The second-order valence-corrected chi connectivity index (χ2v) is 6.24. The number of carbonyl (C=O) groups is 1. The third-order valence-corrected chi connectivity index (χ3v) is 4.36. The van der Waals surface area contributed by atoms with Crippen LogP contribution in [0.15, 0.2) is 23.1 Å². The second-order valence-electron chi connectivity index (χ2n) is 4.47. The van der Waals surface area contributed by atoms with Crippen molar-refractivity contribution in [1.82, 2.24) is 4.72 Å². The Bertz CT molecular complexity index is 603. The largest absolute Gasteiger partial charge is 0.494 e. The highest BCUT2D eigenvalue weighted by atomic mass is 32.2. The molecule has 0 amide bonds. The van der Waals surface area contributed by atoms with Gasteiger partial charge in [0, 0.05) is 6.54 Å². The van der Waals surface area contributed by atoms with Gasteiger partial charge < -0.3 is 9.84 Å². The predicted molar refractivity (Wildman–Crippen MR) is 74.2 cm³/mol. The Balaban J connectivity index is 2.86. The number of carboxylic acid groups (broad SMARTS) is 1. The molecule has 0 aliphatic heterocycles. The molecule has 0 saturated carbocycles. The van der Waals surface area contributed by atoms with E-state index in [4.69, 9.17) is 9.84 Å². The summed E-state index contributed by atoms with van der Waals surface area (Å²) >= 11 is 0. The van der Waals surface area contributed by atoms with Gasteiger partial charge in [-0.05, 0) is 24.6 Å². The second kappa shape index (κ2) is 7.37. The molecule has 1 aromatic rings. The molecule has 8 heteroatoms. The molecule has 0 heterocycles. The molecule has 1 rings (SSSR count). The fraction of sp³-hybridized carbons (Fsp3) is 0.462. The molecule has 0 aliphatic carbocycles. The van der Waals surface area contributed by atoms with Crippen molar-refractivity contribution in [3.8, 4) is 5.75 Å². The van der Waals surface area contributed by atoms with Gasteiger partial charge >= 0.3 is 5.97 Å². The quantitative estimate of drug-likeness (QED) is 0.759. The Kier molecular flexibility index (Phi) is 6.10. The van der Waals surface area contributed by atoms with Crippen molar-refractivity contribution in [3.05, 3.63) is 24.0 Å². The molecule has 1 unspecified atom stereocenters. The van der Waals surface area contributed by atoms with Gasteiger partial charge in [-0.2, -0.15) is 0 Å². The van der Waals surface area contributed by atoms with E-state index < -0.39 is 27.7 Å². The van der Waals surface area contributed by atoms with Gasteiger partial charge in [0.1, 0.15) is 0 Å². The zero-order valence-corrected chi connectivity index (χ0v) is 12.6. The minimum absolute atomic E-state index is 0.0663. The number of aliphatic carboxylic acids is 1. The van der Waals surface area contributed by atoms with Crippen LogP contribution in [0.4, 0.5) is 4.39 Å². The number of methoxy groups -OCH3 is 1. The molecule has 0 aromatic heterocycles. The Morgan fingerprint density at radius 3 is 2.62 bits per heavy atom.